The van der Waals surface area contributed by atoms with Crippen molar-refractivity contribution in [3.05, 3.63) is 71.3 Å². The van der Waals surface area contributed by atoms with Crippen LogP contribution in [-0.2, 0) is 30.3 Å². The predicted octanol–water partition coefficient (Wildman–Crippen LogP) is 6.34. The summed E-state index contributed by atoms with van der Waals surface area (Å²) in [6, 6.07) is 12.8. The minimum Gasteiger partial charge on any atom is -0.458 e. The van der Waals surface area contributed by atoms with Gasteiger partial charge in [-0.3, -0.25) is 9.59 Å². The molecule has 256 valence electrons. The summed E-state index contributed by atoms with van der Waals surface area (Å²) in [5.41, 5.74) is -0.880. The fraction of sp³-hybridized carbons (Fsp3) is 0.526. The molecule has 0 aliphatic heterocycles. The van der Waals surface area contributed by atoms with Crippen LogP contribution in [0.5, 0.6) is 0 Å². The number of hydrogen-bond donors (Lipinski definition) is 2. The number of ether oxygens (including phenoxy) is 2. The average molecular weight is 648 g/mol. The van der Waals surface area contributed by atoms with Crippen molar-refractivity contribution >= 4 is 23.9 Å². The maximum absolute atomic E-state index is 14.7. The molecule has 2 aromatic rings. The molecule has 2 N–H and O–H groups in total. The monoisotopic (exact) mass is 647 g/mol. The first-order valence-corrected chi connectivity index (χ1v) is 16.2. The molecule has 0 aromatic heterocycles. The first-order valence-electron chi connectivity index (χ1n) is 16.2. The van der Waals surface area contributed by atoms with Gasteiger partial charge in [0.15, 0.2) is 0 Å². The highest BCUT2D eigenvalue weighted by Crippen LogP contribution is 2.34. The summed E-state index contributed by atoms with van der Waals surface area (Å²) >= 11 is 0. The van der Waals surface area contributed by atoms with Gasteiger partial charge in [0, 0.05) is 17.5 Å². The summed E-state index contributed by atoms with van der Waals surface area (Å²) in [5.74, 6) is 0.553. The molecule has 0 aliphatic carbocycles. The molecule has 0 aliphatic rings. The zero-order valence-electron chi connectivity index (χ0n) is 29.9. The molecule has 2 rings (SSSR count). The van der Waals surface area contributed by atoms with Gasteiger partial charge in [0.05, 0.1) is 0 Å². The number of esters is 1. The van der Waals surface area contributed by atoms with Crippen molar-refractivity contribution < 1.29 is 28.7 Å². The quantitative estimate of drug-likeness (QED) is 0.205. The van der Waals surface area contributed by atoms with Gasteiger partial charge in [0.25, 0.3) is 0 Å². The van der Waals surface area contributed by atoms with E-state index in [2.05, 4.69) is 16.6 Å². The van der Waals surface area contributed by atoms with E-state index >= 15 is 0 Å². The number of alkyl carbamates (subject to hydrolysis) is 1. The van der Waals surface area contributed by atoms with Crippen molar-refractivity contribution in [1.29, 1.82) is 0 Å². The second-order valence-electron chi connectivity index (χ2n) is 14.7. The van der Waals surface area contributed by atoms with E-state index in [1.807, 2.05) is 51.1 Å². The van der Waals surface area contributed by atoms with Crippen molar-refractivity contribution in [3.8, 4) is 12.3 Å². The highest BCUT2D eigenvalue weighted by Gasteiger charge is 2.45. The van der Waals surface area contributed by atoms with Gasteiger partial charge in [0.1, 0.15) is 29.3 Å². The molecule has 3 atom stereocenters. The smallest absolute Gasteiger partial charge is 0.408 e. The lowest BCUT2D eigenvalue weighted by atomic mass is 9.88. The zero-order chi connectivity index (χ0) is 35.7. The van der Waals surface area contributed by atoms with Crippen molar-refractivity contribution in [2.24, 2.45) is 5.92 Å². The number of terminal acetylenes is 1. The van der Waals surface area contributed by atoms with E-state index in [-0.39, 0.29) is 12.3 Å². The Kier molecular flexibility index (Phi) is 13.2. The lowest BCUT2D eigenvalue weighted by molar-refractivity contribution is -0.159. The first kappa shape index (κ1) is 38.9. The first-order chi connectivity index (χ1) is 21.7. The number of benzene rings is 2. The summed E-state index contributed by atoms with van der Waals surface area (Å²) in [6.45, 7) is 19.7. The Labute approximate surface area is 281 Å². The predicted molar refractivity (Wildman–Crippen MR) is 184 cm³/mol. The summed E-state index contributed by atoms with van der Waals surface area (Å²) in [6.07, 6.45) is 5.79. The van der Waals surface area contributed by atoms with E-state index in [1.165, 1.54) is 4.90 Å². The molecule has 3 amide bonds. The molecule has 0 saturated heterocycles. The van der Waals surface area contributed by atoms with Crippen LogP contribution in [0.2, 0.25) is 0 Å². The highest BCUT2D eigenvalue weighted by atomic mass is 16.6. The number of carbonyl (C=O) groups is 4. The molecule has 0 spiro atoms. The van der Waals surface area contributed by atoms with Gasteiger partial charge in [-0.15, -0.1) is 6.42 Å². The largest absolute Gasteiger partial charge is 0.458 e. The Balaban J connectivity index is 2.75. The molecule has 0 heterocycles. The van der Waals surface area contributed by atoms with Gasteiger partial charge in [-0.1, -0.05) is 75.2 Å². The average Bonchev–Trinajstić information content (AvgIpc) is 2.96. The van der Waals surface area contributed by atoms with Crippen LogP contribution in [0.4, 0.5) is 4.79 Å². The van der Waals surface area contributed by atoms with Crippen LogP contribution in [0.15, 0.2) is 54.6 Å². The summed E-state index contributed by atoms with van der Waals surface area (Å²) in [7, 11) is 0. The maximum atomic E-state index is 14.7. The Hall–Kier alpha value is -4.32. The normalized spacial score (nSPS) is 13.9. The lowest BCUT2D eigenvalue weighted by Crippen LogP contribution is -2.61. The van der Waals surface area contributed by atoms with Crippen LogP contribution >= 0.6 is 0 Å². The fourth-order valence-electron chi connectivity index (χ4n) is 4.97. The zero-order valence-corrected chi connectivity index (χ0v) is 29.9. The standard InChI is InChI=1S/C38H53N3O6/c1-13-27-22-18-19-23-28(27)31(32(42)39-29(34(44)46-36(5,6)7)24-26-20-16-15-17-21-26)41(38(11,12)14-2)33(43)30(25(3)4)40-35(45)47-37(8,9)10/h1,15-23,25,29-31H,14,24H2,2-12H3,(H,39,42)(H,40,45). The van der Waals surface area contributed by atoms with Gasteiger partial charge < -0.3 is 25.0 Å². The number of rotatable bonds is 12. The van der Waals surface area contributed by atoms with Crippen LogP contribution in [0.25, 0.3) is 0 Å². The highest BCUT2D eigenvalue weighted by molar-refractivity contribution is 5.95. The van der Waals surface area contributed by atoms with Crippen LogP contribution in [-0.4, -0.2) is 57.6 Å². The van der Waals surface area contributed by atoms with Crippen molar-refractivity contribution in [1.82, 2.24) is 15.5 Å². The Morgan fingerprint density at radius 3 is 1.89 bits per heavy atom. The molecule has 3 unspecified atom stereocenters. The van der Waals surface area contributed by atoms with Gasteiger partial charge in [-0.2, -0.15) is 0 Å². The number of hydrogen-bond acceptors (Lipinski definition) is 6. The van der Waals surface area contributed by atoms with Crippen LogP contribution in [0, 0.1) is 18.3 Å². The molecule has 0 fully saturated rings. The second-order valence-corrected chi connectivity index (χ2v) is 14.7. The number of amides is 3. The number of nitrogens with one attached hydrogen (secondary N) is 2. The van der Waals surface area contributed by atoms with Crippen molar-refractivity contribution in [2.75, 3.05) is 0 Å². The third-order valence-corrected chi connectivity index (χ3v) is 7.57. The van der Waals surface area contributed by atoms with E-state index in [9.17, 15) is 19.2 Å². The molecule has 9 nitrogen and oxygen atoms in total. The van der Waals surface area contributed by atoms with Gasteiger partial charge in [-0.05, 0) is 84.9 Å². The third-order valence-electron chi connectivity index (χ3n) is 7.57. The van der Waals surface area contributed by atoms with Gasteiger partial charge in [0.2, 0.25) is 11.8 Å². The topological polar surface area (TPSA) is 114 Å². The molecular formula is C38H53N3O6. The van der Waals surface area contributed by atoms with E-state index < -0.39 is 58.7 Å². The van der Waals surface area contributed by atoms with Gasteiger partial charge in [-0.25, -0.2) is 9.59 Å². The maximum Gasteiger partial charge on any atom is 0.408 e. The Morgan fingerprint density at radius 2 is 1.38 bits per heavy atom. The number of nitrogens with zero attached hydrogens (tertiary/aromatic N) is 1. The van der Waals surface area contributed by atoms with E-state index in [0.29, 0.717) is 17.5 Å². The lowest BCUT2D eigenvalue weighted by Gasteiger charge is -2.45. The van der Waals surface area contributed by atoms with Crippen LogP contribution in [0.1, 0.15) is 105 Å². The van der Waals surface area contributed by atoms with Crippen LogP contribution < -0.4 is 10.6 Å². The third kappa shape index (κ3) is 11.5. The molecule has 0 saturated carbocycles. The van der Waals surface area contributed by atoms with Crippen molar-refractivity contribution in [3.63, 3.8) is 0 Å². The number of carbonyl (C=O) groups excluding carboxylic acids is 4. The van der Waals surface area contributed by atoms with Crippen molar-refractivity contribution in [2.45, 2.75) is 124 Å². The molecule has 0 radical (unpaired) electrons. The second kappa shape index (κ2) is 16.0. The summed E-state index contributed by atoms with van der Waals surface area (Å²) in [4.78, 5) is 57.4. The van der Waals surface area contributed by atoms with E-state index in [1.54, 1.807) is 79.7 Å². The van der Waals surface area contributed by atoms with Crippen LogP contribution in [0.3, 0.4) is 0 Å². The minimum absolute atomic E-state index is 0.158. The molecular weight excluding hydrogens is 594 g/mol. The SMILES string of the molecule is C#Cc1ccccc1C(C(=O)NC(Cc1ccccc1)C(=O)OC(C)(C)C)N(C(=O)C(NC(=O)OC(C)(C)C)C(C)C)C(C)(C)CC. The Morgan fingerprint density at radius 1 is 0.830 bits per heavy atom. The summed E-state index contributed by atoms with van der Waals surface area (Å²) < 4.78 is 11.2. The summed E-state index contributed by atoms with van der Waals surface area (Å²) in [5, 5.41) is 5.66. The van der Waals surface area contributed by atoms with Gasteiger partial charge >= 0.3 is 12.1 Å². The molecule has 2 aromatic carbocycles. The molecule has 0 bridgehead atoms. The molecule has 47 heavy (non-hydrogen) atoms. The Bertz CT molecular complexity index is 1430. The van der Waals surface area contributed by atoms with E-state index in [0.717, 1.165) is 5.56 Å². The minimum atomic E-state index is -1.27. The molecule has 9 heteroatoms. The fourth-order valence-corrected chi connectivity index (χ4v) is 4.97. The van der Waals surface area contributed by atoms with E-state index in [4.69, 9.17) is 15.9 Å².